The molecule has 8 heteroatoms. The van der Waals surface area contributed by atoms with E-state index in [0.29, 0.717) is 57.8 Å². The molecule has 36 heavy (non-hydrogen) atoms. The SMILES string of the molecule is CCC1(CC)C[C@H]1C(=O)N1CCc2c(c(C(=O)N3CCNC(=O)CC3)nn2CCc2ccccc2)C1. The minimum Gasteiger partial charge on any atom is -0.354 e. The summed E-state index contributed by atoms with van der Waals surface area (Å²) in [5.41, 5.74) is 3.77. The molecule has 1 saturated heterocycles. The fourth-order valence-electron chi connectivity index (χ4n) is 5.98. The van der Waals surface area contributed by atoms with Gasteiger partial charge in [-0.05, 0) is 36.7 Å². The quantitative estimate of drug-likeness (QED) is 0.645. The Bertz CT molecular complexity index is 1140. The fourth-order valence-corrected chi connectivity index (χ4v) is 5.98. The van der Waals surface area contributed by atoms with E-state index in [9.17, 15) is 14.4 Å². The molecule has 3 amide bonds. The molecule has 5 rings (SSSR count). The lowest BCUT2D eigenvalue weighted by atomic mass is 9.96. The number of amides is 3. The van der Waals surface area contributed by atoms with Crippen LogP contribution in [0.4, 0.5) is 0 Å². The highest BCUT2D eigenvalue weighted by molar-refractivity contribution is 5.95. The first kappa shape index (κ1) is 24.5. The van der Waals surface area contributed by atoms with E-state index >= 15 is 0 Å². The Morgan fingerprint density at radius 2 is 1.81 bits per heavy atom. The largest absolute Gasteiger partial charge is 0.354 e. The second kappa shape index (κ2) is 10.1. The molecular formula is C28H37N5O3. The average molecular weight is 492 g/mol. The number of rotatable bonds is 7. The topological polar surface area (TPSA) is 87.5 Å². The number of nitrogens with one attached hydrogen (secondary N) is 1. The van der Waals surface area contributed by atoms with Crippen molar-refractivity contribution in [3.05, 3.63) is 52.8 Å². The number of hydrogen-bond acceptors (Lipinski definition) is 4. The van der Waals surface area contributed by atoms with Crippen molar-refractivity contribution in [3.63, 3.8) is 0 Å². The summed E-state index contributed by atoms with van der Waals surface area (Å²) in [6, 6.07) is 10.3. The van der Waals surface area contributed by atoms with Crippen LogP contribution in [-0.4, -0.2) is 63.5 Å². The third-order valence-corrected chi connectivity index (χ3v) is 8.60. The summed E-state index contributed by atoms with van der Waals surface area (Å²) in [7, 11) is 0. The van der Waals surface area contributed by atoms with Gasteiger partial charge in [0.05, 0.1) is 0 Å². The summed E-state index contributed by atoms with van der Waals surface area (Å²) in [6.45, 7) is 7.45. The zero-order chi connectivity index (χ0) is 25.3. The van der Waals surface area contributed by atoms with E-state index in [1.165, 1.54) is 5.56 Å². The minimum absolute atomic E-state index is 0.0303. The van der Waals surface area contributed by atoms with Crippen LogP contribution in [0.3, 0.4) is 0 Å². The summed E-state index contributed by atoms with van der Waals surface area (Å²) in [5.74, 6) is 0.157. The molecule has 3 heterocycles. The van der Waals surface area contributed by atoms with Crippen molar-refractivity contribution in [1.82, 2.24) is 24.9 Å². The van der Waals surface area contributed by atoms with Gasteiger partial charge in [-0.2, -0.15) is 5.10 Å². The van der Waals surface area contributed by atoms with Gasteiger partial charge < -0.3 is 15.1 Å². The summed E-state index contributed by atoms with van der Waals surface area (Å²) >= 11 is 0. The third kappa shape index (κ3) is 4.65. The molecule has 8 nitrogen and oxygen atoms in total. The zero-order valence-electron chi connectivity index (χ0n) is 21.5. The Morgan fingerprint density at radius 1 is 1.06 bits per heavy atom. The monoisotopic (exact) mass is 491 g/mol. The second-order valence-corrected chi connectivity index (χ2v) is 10.5. The number of carbonyl (C=O) groups excluding carboxylic acids is 3. The molecule has 3 aliphatic rings. The Labute approximate surface area is 213 Å². The van der Waals surface area contributed by atoms with Crippen LogP contribution in [0.5, 0.6) is 0 Å². The number of aryl methyl sites for hydroxylation is 2. The maximum absolute atomic E-state index is 13.6. The van der Waals surface area contributed by atoms with E-state index in [1.807, 2.05) is 27.8 Å². The minimum atomic E-state index is -0.140. The van der Waals surface area contributed by atoms with Crippen molar-refractivity contribution in [2.75, 3.05) is 26.2 Å². The number of aromatic nitrogens is 2. The lowest BCUT2D eigenvalue weighted by Gasteiger charge is -2.29. The zero-order valence-corrected chi connectivity index (χ0v) is 21.5. The van der Waals surface area contributed by atoms with Crippen LogP contribution in [0.15, 0.2) is 30.3 Å². The van der Waals surface area contributed by atoms with Gasteiger partial charge in [-0.3, -0.25) is 19.1 Å². The Balaban J connectivity index is 1.40. The molecule has 1 aromatic heterocycles. The lowest BCUT2D eigenvalue weighted by Crippen LogP contribution is -2.39. The first-order chi connectivity index (χ1) is 17.5. The normalized spacial score (nSPS) is 20.9. The molecule has 1 aliphatic carbocycles. The number of benzene rings is 1. The van der Waals surface area contributed by atoms with Crippen molar-refractivity contribution in [1.29, 1.82) is 0 Å². The molecular weight excluding hydrogens is 454 g/mol. The molecule has 192 valence electrons. The van der Waals surface area contributed by atoms with Crippen LogP contribution in [0.2, 0.25) is 0 Å². The first-order valence-electron chi connectivity index (χ1n) is 13.4. The number of hydrogen-bond donors (Lipinski definition) is 1. The Morgan fingerprint density at radius 3 is 2.53 bits per heavy atom. The van der Waals surface area contributed by atoms with E-state index < -0.39 is 0 Å². The first-order valence-corrected chi connectivity index (χ1v) is 13.4. The smallest absolute Gasteiger partial charge is 0.274 e. The predicted octanol–water partition coefficient (Wildman–Crippen LogP) is 2.80. The van der Waals surface area contributed by atoms with E-state index in [2.05, 4.69) is 31.3 Å². The Kier molecular flexibility index (Phi) is 6.86. The molecule has 0 spiro atoms. The van der Waals surface area contributed by atoms with Crippen LogP contribution < -0.4 is 5.32 Å². The van der Waals surface area contributed by atoms with Crippen LogP contribution in [0, 0.1) is 11.3 Å². The van der Waals surface area contributed by atoms with Gasteiger partial charge in [-0.1, -0.05) is 44.2 Å². The molecule has 1 N–H and O–H groups in total. The number of carbonyl (C=O) groups is 3. The van der Waals surface area contributed by atoms with Crippen LogP contribution in [0.25, 0.3) is 0 Å². The number of fused-ring (bicyclic) bond motifs is 1. The molecule has 1 saturated carbocycles. The molecule has 0 bridgehead atoms. The van der Waals surface area contributed by atoms with E-state index in [-0.39, 0.29) is 29.1 Å². The van der Waals surface area contributed by atoms with Gasteiger partial charge in [0.15, 0.2) is 5.69 Å². The van der Waals surface area contributed by atoms with Gasteiger partial charge in [-0.15, -0.1) is 0 Å². The van der Waals surface area contributed by atoms with Crippen molar-refractivity contribution in [2.24, 2.45) is 11.3 Å². The highest BCUT2D eigenvalue weighted by atomic mass is 16.2. The fraction of sp³-hybridized carbons (Fsp3) is 0.571. The van der Waals surface area contributed by atoms with Crippen molar-refractivity contribution in [2.45, 2.75) is 65.5 Å². The average Bonchev–Trinajstić information content (AvgIpc) is 3.60. The maximum atomic E-state index is 13.6. The molecule has 2 fully saturated rings. The molecule has 2 aromatic rings. The van der Waals surface area contributed by atoms with Gasteiger partial charge >= 0.3 is 0 Å². The molecule has 1 aromatic carbocycles. The Hall–Kier alpha value is -3.16. The van der Waals surface area contributed by atoms with Crippen molar-refractivity contribution in [3.8, 4) is 0 Å². The standard InChI is InChI=1S/C28H37N5O3/c1-3-28(4-2)18-22(28)26(35)32-14-11-23-21(19-32)25(27(36)31-15-12-24(34)29-13-17-31)30-33(23)16-10-20-8-6-5-7-9-20/h5-9,22H,3-4,10-19H2,1-2H3,(H,29,34)/t22-/m0/s1. The molecule has 0 unspecified atom stereocenters. The summed E-state index contributed by atoms with van der Waals surface area (Å²) in [4.78, 5) is 42.6. The van der Waals surface area contributed by atoms with Gasteiger partial charge in [0, 0.05) is 69.3 Å². The van der Waals surface area contributed by atoms with Crippen molar-refractivity contribution < 1.29 is 14.4 Å². The van der Waals surface area contributed by atoms with Crippen molar-refractivity contribution >= 4 is 17.7 Å². The van der Waals surface area contributed by atoms with Gasteiger partial charge in [0.1, 0.15) is 0 Å². The highest BCUT2D eigenvalue weighted by Crippen LogP contribution is 2.58. The molecule has 0 radical (unpaired) electrons. The number of nitrogens with zero attached hydrogens (tertiary/aromatic N) is 4. The van der Waals surface area contributed by atoms with Crippen LogP contribution in [0.1, 0.15) is 66.8 Å². The molecule has 2 aliphatic heterocycles. The van der Waals surface area contributed by atoms with Crippen LogP contribution in [-0.2, 0) is 35.5 Å². The van der Waals surface area contributed by atoms with Gasteiger partial charge in [0.25, 0.3) is 5.91 Å². The predicted molar refractivity (Wildman–Crippen MR) is 136 cm³/mol. The summed E-state index contributed by atoms with van der Waals surface area (Å²) < 4.78 is 1.98. The summed E-state index contributed by atoms with van der Waals surface area (Å²) in [6.07, 6.45) is 4.85. The van der Waals surface area contributed by atoms with Gasteiger partial charge in [-0.25, -0.2) is 0 Å². The van der Waals surface area contributed by atoms with Gasteiger partial charge in [0.2, 0.25) is 11.8 Å². The highest BCUT2D eigenvalue weighted by Gasteiger charge is 2.56. The second-order valence-electron chi connectivity index (χ2n) is 10.5. The third-order valence-electron chi connectivity index (χ3n) is 8.60. The van der Waals surface area contributed by atoms with Crippen LogP contribution >= 0.6 is 0 Å². The molecule has 1 atom stereocenters. The van der Waals surface area contributed by atoms with E-state index in [0.717, 1.165) is 36.9 Å². The van der Waals surface area contributed by atoms with E-state index in [4.69, 9.17) is 5.10 Å². The summed E-state index contributed by atoms with van der Waals surface area (Å²) in [5, 5.41) is 7.66. The lowest BCUT2D eigenvalue weighted by molar-refractivity contribution is -0.134. The van der Waals surface area contributed by atoms with E-state index in [1.54, 1.807) is 4.90 Å². The maximum Gasteiger partial charge on any atom is 0.274 e.